The van der Waals surface area contributed by atoms with Crippen molar-refractivity contribution in [2.75, 3.05) is 0 Å². The molecule has 31 heavy (non-hydrogen) atoms. The molecule has 7 aromatic rings. The van der Waals surface area contributed by atoms with Crippen molar-refractivity contribution in [1.82, 2.24) is 0 Å². The zero-order valence-corrected chi connectivity index (χ0v) is 18.1. The van der Waals surface area contributed by atoms with Gasteiger partial charge in [-0.05, 0) is 58.3 Å². The summed E-state index contributed by atoms with van der Waals surface area (Å²) in [4.78, 5) is 2.58. The Kier molecular flexibility index (Phi) is 3.65. The van der Waals surface area contributed by atoms with Gasteiger partial charge in [-0.25, -0.2) is 0 Å². The van der Waals surface area contributed by atoms with E-state index in [4.69, 9.17) is 4.42 Å². The Morgan fingerprint density at radius 3 is 1.39 bits per heavy atom. The van der Waals surface area contributed by atoms with Crippen LogP contribution in [0.25, 0.3) is 63.0 Å². The van der Waals surface area contributed by atoms with E-state index in [2.05, 4.69) is 97.1 Å². The molecular weight excluding hydrogens is 416 g/mol. The lowest BCUT2D eigenvalue weighted by Gasteiger charge is -1.93. The molecule has 3 heterocycles. The van der Waals surface area contributed by atoms with Gasteiger partial charge in [0.05, 0.1) is 0 Å². The summed E-state index contributed by atoms with van der Waals surface area (Å²) in [6.07, 6.45) is 0. The van der Waals surface area contributed by atoms with Crippen LogP contribution < -0.4 is 0 Å². The molecule has 0 aliphatic carbocycles. The summed E-state index contributed by atoms with van der Waals surface area (Å²) in [6.45, 7) is 0. The molecule has 0 aliphatic rings. The molecule has 0 N–H and O–H groups in total. The summed E-state index contributed by atoms with van der Waals surface area (Å²) in [5.41, 5.74) is 4.45. The van der Waals surface area contributed by atoms with Crippen molar-refractivity contribution < 1.29 is 4.42 Å². The maximum atomic E-state index is 6.31. The first-order valence-corrected chi connectivity index (χ1v) is 11.9. The molecule has 3 heteroatoms. The van der Waals surface area contributed by atoms with Crippen molar-refractivity contribution in [3.63, 3.8) is 0 Å². The minimum atomic E-state index is 0.963. The van der Waals surface area contributed by atoms with E-state index in [1.165, 1.54) is 51.8 Å². The van der Waals surface area contributed by atoms with Crippen molar-refractivity contribution in [2.24, 2.45) is 0 Å². The normalized spacial score (nSPS) is 11.9. The average molecular weight is 433 g/mol. The molecule has 0 atom stereocenters. The van der Waals surface area contributed by atoms with Crippen molar-refractivity contribution in [3.05, 3.63) is 97.1 Å². The molecule has 0 saturated heterocycles. The molecule has 0 amide bonds. The van der Waals surface area contributed by atoms with E-state index in [1.807, 2.05) is 22.7 Å². The zero-order valence-electron chi connectivity index (χ0n) is 16.5. The van der Waals surface area contributed by atoms with Crippen molar-refractivity contribution in [1.29, 1.82) is 0 Å². The molecule has 0 unspecified atom stereocenters. The molecule has 146 valence electrons. The standard InChI is InChI=1S/C28H16OS2/c1-3-7-17(8-4-1)25-13-19-11-21-22-12-20-14-26(18-9-5-2-6-10-18)31-28(20)16-24(22)29-23(21)15-27(19)30-25/h1-16H. The number of benzene rings is 4. The quantitative estimate of drug-likeness (QED) is 0.265. The third kappa shape index (κ3) is 2.74. The Balaban J connectivity index is 1.42. The van der Waals surface area contributed by atoms with Gasteiger partial charge in [-0.3, -0.25) is 0 Å². The average Bonchev–Trinajstić information content (AvgIpc) is 3.51. The van der Waals surface area contributed by atoms with Crippen LogP contribution >= 0.6 is 22.7 Å². The van der Waals surface area contributed by atoms with Crippen molar-refractivity contribution in [3.8, 4) is 20.9 Å². The van der Waals surface area contributed by atoms with E-state index in [0.29, 0.717) is 0 Å². The van der Waals surface area contributed by atoms with E-state index >= 15 is 0 Å². The smallest absolute Gasteiger partial charge is 0.136 e. The SMILES string of the molecule is c1ccc(-c2cc3cc4c(cc3s2)oc2cc3sc(-c5ccccc5)cc3cc24)cc1. The van der Waals surface area contributed by atoms with Crippen LogP contribution in [0.3, 0.4) is 0 Å². The second-order valence-electron chi connectivity index (χ2n) is 7.83. The highest BCUT2D eigenvalue weighted by atomic mass is 32.1. The number of furan rings is 1. The van der Waals surface area contributed by atoms with Crippen molar-refractivity contribution in [2.45, 2.75) is 0 Å². The van der Waals surface area contributed by atoms with Gasteiger partial charge in [-0.1, -0.05) is 60.7 Å². The largest absolute Gasteiger partial charge is 0.456 e. The van der Waals surface area contributed by atoms with Crippen LogP contribution in [0.4, 0.5) is 0 Å². The van der Waals surface area contributed by atoms with Crippen molar-refractivity contribution >= 4 is 64.8 Å². The van der Waals surface area contributed by atoms with E-state index in [0.717, 1.165) is 11.2 Å². The van der Waals surface area contributed by atoms with Crippen LogP contribution in [0, 0.1) is 0 Å². The molecular formula is C28H16OS2. The molecule has 4 aromatic carbocycles. The zero-order chi connectivity index (χ0) is 20.4. The van der Waals surface area contributed by atoms with Gasteiger partial charge in [0.15, 0.2) is 0 Å². The second-order valence-corrected chi connectivity index (χ2v) is 10.00. The highest BCUT2D eigenvalue weighted by Crippen LogP contribution is 2.41. The molecule has 0 radical (unpaired) electrons. The van der Waals surface area contributed by atoms with Crippen LogP contribution in [0.5, 0.6) is 0 Å². The van der Waals surface area contributed by atoms with Gasteiger partial charge in [0.2, 0.25) is 0 Å². The number of fused-ring (bicyclic) bond motifs is 5. The highest BCUT2D eigenvalue weighted by Gasteiger charge is 2.14. The summed E-state index contributed by atoms with van der Waals surface area (Å²) in [7, 11) is 0. The van der Waals surface area contributed by atoms with Gasteiger partial charge < -0.3 is 4.42 Å². The molecule has 7 rings (SSSR count). The van der Waals surface area contributed by atoms with Gasteiger partial charge in [-0.2, -0.15) is 0 Å². The van der Waals surface area contributed by atoms with Gasteiger partial charge >= 0.3 is 0 Å². The Labute approximate surface area is 186 Å². The first-order valence-electron chi connectivity index (χ1n) is 10.3. The topological polar surface area (TPSA) is 13.1 Å². The van der Waals surface area contributed by atoms with Gasteiger partial charge in [-0.15, -0.1) is 22.7 Å². The lowest BCUT2D eigenvalue weighted by atomic mass is 10.1. The maximum Gasteiger partial charge on any atom is 0.136 e. The van der Waals surface area contributed by atoms with Crippen LogP contribution in [0.15, 0.2) is 101 Å². The molecule has 0 saturated carbocycles. The molecule has 0 bridgehead atoms. The number of thiophene rings is 2. The van der Waals surface area contributed by atoms with Crippen LogP contribution in [0.1, 0.15) is 0 Å². The van der Waals surface area contributed by atoms with Crippen LogP contribution in [-0.2, 0) is 0 Å². The second kappa shape index (κ2) is 6.55. The third-order valence-corrected chi connectivity index (χ3v) is 8.16. The minimum Gasteiger partial charge on any atom is -0.456 e. The fraction of sp³-hybridized carbons (Fsp3) is 0. The third-order valence-electron chi connectivity index (χ3n) is 5.86. The van der Waals surface area contributed by atoms with E-state index in [1.54, 1.807) is 0 Å². The van der Waals surface area contributed by atoms with Crippen LogP contribution in [0.2, 0.25) is 0 Å². The summed E-state index contributed by atoms with van der Waals surface area (Å²) in [5.74, 6) is 0. The van der Waals surface area contributed by atoms with Crippen LogP contribution in [-0.4, -0.2) is 0 Å². The van der Waals surface area contributed by atoms with E-state index in [-0.39, 0.29) is 0 Å². The van der Waals surface area contributed by atoms with E-state index < -0.39 is 0 Å². The summed E-state index contributed by atoms with van der Waals surface area (Å²) >= 11 is 3.64. The Morgan fingerprint density at radius 2 is 0.935 bits per heavy atom. The number of hydrogen-bond acceptors (Lipinski definition) is 3. The molecule has 0 aliphatic heterocycles. The molecule has 1 nitrogen and oxygen atoms in total. The monoisotopic (exact) mass is 432 g/mol. The Morgan fingerprint density at radius 1 is 0.484 bits per heavy atom. The summed E-state index contributed by atoms with van der Waals surface area (Å²) < 4.78 is 8.84. The number of rotatable bonds is 2. The Bertz CT molecular complexity index is 1590. The predicted octanol–water partition coefficient (Wildman–Crippen LogP) is 9.35. The molecule has 0 fully saturated rings. The summed E-state index contributed by atoms with van der Waals surface area (Å²) in [5, 5.41) is 4.92. The number of hydrogen-bond donors (Lipinski definition) is 0. The van der Waals surface area contributed by atoms with Gasteiger partial charge in [0, 0.05) is 29.9 Å². The first kappa shape index (κ1) is 17.3. The summed E-state index contributed by atoms with van der Waals surface area (Å²) in [6, 6.07) is 34.7. The fourth-order valence-electron chi connectivity index (χ4n) is 4.33. The maximum absolute atomic E-state index is 6.31. The first-order chi connectivity index (χ1) is 15.3. The molecule has 3 aromatic heterocycles. The lowest BCUT2D eigenvalue weighted by Crippen LogP contribution is -1.69. The van der Waals surface area contributed by atoms with E-state index in [9.17, 15) is 0 Å². The lowest BCUT2D eigenvalue weighted by molar-refractivity contribution is 0.670. The Hall–Kier alpha value is -3.40. The highest BCUT2D eigenvalue weighted by molar-refractivity contribution is 7.22. The molecule has 0 spiro atoms. The van der Waals surface area contributed by atoms with Gasteiger partial charge in [0.25, 0.3) is 0 Å². The minimum absolute atomic E-state index is 0.963. The predicted molar refractivity (Wildman–Crippen MR) is 135 cm³/mol. The van der Waals surface area contributed by atoms with Gasteiger partial charge in [0.1, 0.15) is 11.2 Å². The fourth-order valence-corrected chi connectivity index (χ4v) is 6.49.